The molecule has 2 N–H and O–H groups in total. The summed E-state index contributed by atoms with van der Waals surface area (Å²) in [6, 6.07) is 10.4. The lowest BCUT2D eigenvalue weighted by atomic mass is 10.3. The molecule has 124 valence electrons. The number of nitrogens with one attached hydrogen (secondary N) is 2. The van der Waals surface area contributed by atoms with Gasteiger partial charge in [-0.2, -0.15) is 0 Å². The van der Waals surface area contributed by atoms with Gasteiger partial charge in [-0.25, -0.2) is 4.39 Å². The zero-order valence-electron chi connectivity index (χ0n) is 13.5. The molecule has 4 nitrogen and oxygen atoms in total. The van der Waals surface area contributed by atoms with Gasteiger partial charge >= 0.3 is 0 Å². The van der Waals surface area contributed by atoms with Gasteiger partial charge < -0.3 is 15.4 Å². The number of aliphatic imine (C=N–C) groups is 1. The fourth-order valence-corrected chi connectivity index (χ4v) is 2.80. The van der Waals surface area contributed by atoms with Gasteiger partial charge in [0, 0.05) is 18.0 Å². The van der Waals surface area contributed by atoms with Crippen LogP contribution in [0.4, 0.5) is 4.39 Å². The van der Waals surface area contributed by atoms with Crippen molar-refractivity contribution >= 4 is 17.3 Å². The highest BCUT2D eigenvalue weighted by atomic mass is 32.1. The van der Waals surface area contributed by atoms with Crippen molar-refractivity contribution < 1.29 is 9.13 Å². The molecule has 0 saturated carbocycles. The van der Waals surface area contributed by atoms with E-state index in [1.807, 2.05) is 13.0 Å². The normalized spacial score (nSPS) is 14.2. The van der Waals surface area contributed by atoms with Gasteiger partial charge in [-0.15, -0.1) is 11.3 Å². The Balaban J connectivity index is 1.80. The van der Waals surface area contributed by atoms with Crippen molar-refractivity contribution in [3.05, 3.63) is 52.5 Å². The molecule has 0 aliphatic carbocycles. The van der Waals surface area contributed by atoms with Crippen LogP contribution in [-0.2, 0) is 0 Å². The van der Waals surface area contributed by atoms with E-state index in [1.165, 1.54) is 17.0 Å². The van der Waals surface area contributed by atoms with Gasteiger partial charge in [0.05, 0.1) is 12.6 Å². The van der Waals surface area contributed by atoms with Crippen LogP contribution in [0.15, 0.2) is 46.8 Å². The predicted molar refractivity (Wildman–Crippen MR) is 93.7 cm³/mol. The number of hydrogen-bond donors (Lipinski definition) is 2. The molecule has 2 unspecified atom stereocenters. The van der Waals surface area contributed by atoms with Crippen molar-refractivity contribution in [1.29, 1.82) is 0 Å². The molecule has 2 aromatic rings. The van der Waals surface area contributed by atoms with Gasteiger partial charge in [-0.05, 0) is 37.4 Å². The largest absolute Gasteiger partial charge is 0.489 e. The third-order valence-corrected chi connectivity index (χ3v) is 4.29. The summed E-state index contributed by atoms with van der Waals surface area (Å²) >= 11 is 1.71. The topological polar surface area (TPSA) is 45.7 Å². The van der Waals surface area contributed by atoms with Gasteiger partial charge in [0.15, 0.2) is 5.96 Å². The molecule has 6 heteroatoms. The summed E-state index contributed by atoms with van der Waals surface area (Å²) in [4.78, 5) is 5.46. The maximum Gasteiger partial charge on any atom is 0.191 e. The van der Waals surface area contributed by atoms with Gasteiger partial charge in [0.25, 0.3) is 0 Å². The van der Waals surface area contributed by atoms with Gasteiger partial charge in [0.1, 0.15) is 17.7 Å². The van der Waals surface area contributed by atoms with Gasteiger partial charge in [0.2, 0.25) is 0 Å². The maximum atomic E-state index is 13.1. The van der Waals surface area contributed by atoms with Crippen LogP contribution in [0.3, 0.4) is 0 Å². The molecule has 1 aromatic heterocycles. The fraction of sp³-hybridized carbons (Fsp3) is 0.353. The average Bonchev–Trinajstić information content (AvgIpc) is 3.05. The van der Waals surface area contributed by atoms with E-state index in [9.17, 15) is 4.39 Å². The first-order valence-electron chi connectivity index (χ1n) is 7.51. The van der Waals surface area contributed by atoms with Gasteiger partial charge in [-0.1, -0.05) is 12.1 Å². The lowest BCUT2D eigenvalue weighted by Gasteiger charge is -2.20. The first-order valence-corrected chi connectivity index (χ1v) is 8.39. The van der Waals surface area contributed by atoms with Crippen LogP contribution in [0.1, 0.15) is 24.8 Å². The summed E-state index contributed by atoms with van der Waals surface area (Å²) in [6.45, 7) is 4.58. The minimum atomic E-state index is -0.301. The molecule has 0 aliphatic heterocycles. The molecular weight excluding hydrogens is 313 g/mol. The number of halogens is 1. The number of ether oxygens (including phenoxy) is 1. The standard InChI is InChI=1S/C17H22FN3OS/c1-12(22-15-7-4-6-14(18)10-15)11-20-17(19-3)21-13(2)16-8-5-9-23-16/h4-10,12-13H,11H2,1-3H3,(H2,19,20,21). The molecule has 0 aliphatic rings. The Bertz CT molecular complexity index is 631. The third kappa shape index (κ3) is 5.56. The highest BCUT2D eigenvalue weighted by Gasteiger charge is 2.10. The first kappa shape index (κ1) is 17.3. The van der Waals surface area contributed by atoms with Crippen molar-refractivity contribution in [3.63, 3.8) is 0 Å². The smallest absolute Gasteiger partial charge is 0.191 e. The number of benzene rings is 1. The summed E-state index contributed by atoms with van der Waals surface area (Å²) in [6.07, 6.45) is -0.118. The molecule has 23 heavy (non-hydrogen) atoms. The fourth-order valence-electron chi connectivity index (χ4n) is 2.06. The van der Waals surface area contributed by atoms with Crippen LogP contribution in [0, 0.1) is 5.82 Å². The van der Waals surface area contributed by atoms with Crippen molar-refractivity contribution in [2.24, 2.45) is 4.99 Å². The number of guanidine groups is 1. The molecule has 0 saturated heterocycles. The zero-order chi connectivity index (χ0) is 16.7. The Hall–Kier alpha value is -2.08. The molecule has 2 rings (SSSR count). The summed E-state index contributed by atoms with van der Waals surface area (Å²) in [7, 11) is 1.73. The van der Waals surface area contributed by atoms with E-state index < -0.39 is 0 Å². The van der Waals surface area contributed by atoms with E-state index >= 15 is 0 Å². The molecule has 0 spiro atoms. The Morgan fingerprint density at radius 3 is 2.78 bits per heavy atom. The van der Waals surface area contributed by atoms with Crippen LogP contribution in [0.5, 0.6) is 5.75 Å². The Morgan fingerprint density at radius 2 is 2.13 bits per heavy atom. The molecule has 0 amide bonds. The van der Waals surface area contributed by atoms with Crippen molar-refractivity contribution in [2.75, 3.05) is 13.6 Å². The highest BCUT2D eigenvalue weighted by Crippen LogP contribution is 2.17. The Labute approximate surface area is 140 Å². The quantitative estimate of drug-likeness (QED) is 0.626. The summed E-state index contributed by atoms with van der Waals surface area (Å²) < 4.78 is 18.8. The second-order valence-electron chi connectivity index (χ2n) is 5.22. The number of hydrogen-bond acceptors (Lipinski definition) is 3. The van der Waals surface area contributed by atoms with Crippen molar-refractivity contribution in [1.82, 2.24) is 10.6 Å². The predicted octanol–water partition coefficient (Wildman–Crippen LogP) is 3.58. The lowest BCUT2D eigenvalue weighted by Crippen LogP contribution is -2.42. The molecular formula is C17H22FN3OS. The lowest BCUT2D eigenvalue weighted by molar-refractivity contribution is 0.223. The van der Waals surface area contributed by atoms with Crippen molar-refractivity contribution in [2.45, 2.75) is 26.0 Å². The number of rotatable bonds is 6. The number of nitrogens with zero attached hydrogens (tertiary/aromatic N) is 1. The zero-order valence-corrected chi connectivity index (χ0v) is 14.4. The van der Waals surface area contributed by atoms with Crippen molar-refractivity contribution in [3.8, 4) is 5.75 Å². The Kier molecular flexibility index (Phi) is 6.40. The first-order chi connectivity index (χ1) is 11.1. The molecule has 1 heterocycles. The molecule has 0 bridgehead atoms. The SMILES string of the molecule is CN=C(NCC(C)Oc1cccc(F)c1)NC(C)c1cccs1. The molecule has 2 atom stereocenters. The second-order valence-corrected chi connectivity index (χ2v) is 6.20. The molecule has 0 fully saturated rings. The van der Waals surface area contributed by atoms with E-state index in [4.69, 9.17) is 4.74 Å². The third-order valence-electron chi connectivity index (χ3n) is 3.24. The van der Waals surface area contributed by atoms with Crippen LogP contribution >= 0.6 is 11.3 Å². The molecule has 1 aromatic carbocycles. The minimum Gasteiger partial charge on any atom is -0.489 e. The summed E-state index contributed by atoms with van der Waals surface area (Å²) in [5, 5.41) is 8.61. The van der Waals surface area contributed by atoms with Gasteiger partial charge in [-0.3, -0.25) is 4.99 Å². The number of thiophene rings is 1. The van der Waals surface area contributed by atoms with E-state index in [2.05, 4.69) is 34.0 Å². The average molecular weight is 335 g/mol. The Morgan fingerprint density at radius 1 is 1.30 bits per heavy atom. The van der Waals surface area contributed by atoms with Crippen LogP contribution in [0.25, 0.3) is 0 Å². The van der Waals surface area contributed by atoms with E-state index in [0.29, 0.717) is 18.3 Å². The highest BCUT2D eigenvalue weighted by molar-refractivity contribution is 7.10. The molecule has 0 radical (unpaired) electrons. The van der Waals surface area contributed by atoms with E-state index in [-0.39, 0.29) is 18.0 Å². The van der Waals surface area contributed by atoms with E-state index in [0.717, 1.165) is 0 Å². The monoisotopic (exact) mass is 335 g/mol. The second kappa shape index (κ2) is 8.53. The summed E-state index contributed by atoms with van der Waals surface area (Å²) in [5.74, 6) is 0.930. The van der Waals surface area contributed by atoms with Crippen LogP contribution < -0.4 is 15.4 Å². The van der Waals surface area contributed by atoms with Crippen LogP contribution in [-0.4, -0.2) is 25.7 Å². The van der Waals surface area contributed by atoms with Crippen LogP contribution in [0.2, 0.25) is 0 Å². The maximum absolute atomic E-state index is 13.1. The van der Waals surface area contributed by atoms with E-state index in [1.54, 1.807) is 30.5 Å². The minimum absolute atomic E-state index is 0.118. The summed E-state index contributed by atoms with van der Waals surface area (Å²) in [5.41, 5.74) is 0.